The first kappa shape index (κ1) is 17.4. The molecule has 0 bridgehead atoms. The van der Waals surface area contributed by atoms with Gasteiger partial charge >= 0.3 is 0 Å². The highest BCUT2D eigenvalue weighted by Gasteiger charge is 2.16. The van der Waals surface area contributed by atoms with Crippen LogP contribution in [0.5, 0.6) is 0 Å². The fourth-order valence-corrected chi connectivity index (χ4v) is 2.81. The molecule has 0 N–H and O–H groups in total. The quantitative estimate of drug-likeness (QED) is 0.310. The predicted molar refractivity (Wildman–Crippen MR) is 104 cm³/mol. The van der Waals surface area contributed by atoms with E-state index in [4.69, 9.17) is 11.6 Å². The number of aldehydes is 1. The van der Waals surface area contributed by atoms with Gasteiger partial charge in [0.25, 0.3) is 0 Å². The monoisotopic (exact) mass is 413 g/mol. The summed E-state index contributed by atoms with van der Waals surface area (Å²) in [5.74, 6) is -0.179. The van der Waals surface area contributed by atoms with Gasteiger partial charge in [-0.05, 0) is 60.2 Å². The second kappa shape index (κ2) is 7.64. The lowest BCUT2D eigenvalue weighted by Gasteiger charge is -2.11. The molecule has 0 aliphatic heterocycles. The first-order valence-electron chi connectivity index (χ1n) is 7.49. The van der Waals surface area contributed by atoms with E-state index in [2.05, 4.69) is 15.9 Å². The van der Waals surface area contributed by atoms with E-state index < -0.39 is 0 Å². The van der Waals surface area contributed by atoms with E-state index >= 15 is 0 Å². The van der Waals surface area contributed by atoms with Gasteiger partial charge in [0.15, 0.2) is 6.29 Å². The number of carbonyl (C=O) groups is 2. The van der Waals surface area contributed by atoms with Gasteiger partial charge in [-0.15, -0.1) is 0 Å². The smallest absolute Gasteiger partial charge is 0.209 e. The van der Waals surface area contributed by atoms with E-state index in [0.717, 1.165) is 16.3 Å². The molecule has 5 heteroatoms. The van der Waals surface area contributed by atoms with E-state index in [1.807, 2.05) is 24.3 Å². The fourth-order valence-electron chi connectivity index (χ4n) is 2.42. The van der Waals surface area contributed by atoms with Crippen molar-refractivity contribution < 1.29 is 9.59 Å². The summed E-state index contributed by atoms with van der Waals surface area (Å²) in [6, 6.07) is 17.6. The van der Waals surface area contributed by atoms with Crippen molar-refractivity contribution in [2.24, 2.45) is 0 Å². The number of halogens is 2. The van der Waals surface area contributed by atoms with Gasteiger partial charge in [-0.1, -0.05) is 39.7 Å². The van der Waals surface area contributed by atoms with Crippen molar-refractivity contribution in [1.29, 1.82) is 0 Å². The van der Waals surface area contributed by atoms with Crippen LogP contribution in [0.25, 0.3) is 11.8 Å². The third-order valence-corrected chi connectivity index (χ3v) is 4.45. The van der Waals surface area contributed by atoms with Gasteiger partial charge in [0.1, 0.15) is 0 Å². The SMILES string of the molecule is O=Cc1cccn1/C(=C\c1ccc(Cl)cc1)C(=O)c1ccc(Br)cc1. The second-order valence-electron chi connectivity index (χ2n) is 5.34. The maximum Gasteiger partial charge on any atom is 0.209 e. The summed E-state index contributed by atoms with van der Waals surface area (Å²) in [6.45, 7) is 0. The molecule has 0 aliphatic rings. The molecule has 124 valence electrons. The van der Waals surface area contributed by atoms with Crippen LogP contribution in [0, 0.1) is 0 Å². The highest BCUT2D eigenvalue weighted by Crippen LogP contribution is 2.22. The summed E-state index contributed by atoms with van der Waals surface area (Å²) in [5, 5.41) is 0.618. The topological polar surface area (TPSA) is 39.1 Å². The zero-order chi connectivity index (χ0) is 17.8. The highest BCUT2D eigenvalue weighted by atomic mass is 79.9. The Bertz CT molecular complexity index is 941. The molecule has 3 nitrogen and oxygen atoms in total. The molecule has 25 heavy (non-hydrogen) atoms. The van der Waals surface area contributed by atoms with Crippen LogP contribution in [0.4, 0.5) is 0 Å². The lowest BCUT2D eigenvalue weighted by Crippen LogP contribution is -2.11. The molecule has 0 saturated carbocycles. The Kier molecular flexibility index (Phi) is 5.31. The molecule has 1 heterocycles. The summed E-state index contributed by atoms with van der Waals surface area (Å²) in [5.41, 5.74) is 2.15. The molecule has 0 atom stereocenters. The molecule has 0 saturated heterocycles. The molecule has 1 aromatic heterocycles. The molecule has 3 aromatic rings. The Hall–Kier alpha value is -2.43. The highest BCUT2D eigenvalue weighted by molar-refractivity contribution is 9.10. The van der Waals surface area contributed by atoms with E-state index in [1.54, 1.807) is 53.2 Å². The summed E-state index contributed by atoms with van der Waals surface area (Å²) in [4.78, 5) is 24.4. The second-order valence-corrected chi connectivity index (χ2v) is 6.69. The van der Waals surface area contributed by atoms with Gasteiger partial charge in [0.2, 0.25) is 5.78 Å². The van der Waals surface area contributed by atoms with Crippen LogP contribution < -0.4 is 0 Å². The van der Waals surface area contributed by atoms with Gasteiger partial charge in [-0.3, -0.25) is 9.59 Å². The molecular weight excluding hydrogens is 402 g/mol. The Morgan fingerprint density at radius 1 is 1.00 bits per heavy atom. The fraction of sp³-hybridized carbons (Fsp3) is 0. The number of aromatic nitrogens is 1. The number of hydrogen-bond donors (Lipinski definition) is 0. The molecule has 0 aliphatic carbocycles. The normalized spacial score (nSPS) is 11.4. The zero-order valence-electron chi connectivity index (χ0n) is 13.0. The minimum absolute atomic E-state index is 0.179. The van der Waals surface area contributed by atoms with Crippen molar-refractivity contribution in [1.82, 2.24) is 4.57 Å². The summed E-state index contributed by atoms with van der Waals surface area (Å²) < 4.78 is 2.48. The summed E-state index contributed by atoms with van der Waals surface area (Å²) in [6.07, 6.45) is 4.17. The van der Waals surface area contributed by atoms with E-state index in [9.17, 15) is 9.59 Å². The standard InChI is InChI=1S/C20H13BrClNO2/c21-16-7-5-15(6-8-16)20(25)19(23-11-1-2-18(23)13-24)12-14-3-9-17(22)10-4-14/h1-13H/b19-12-. The number of allylic oxidation sites excluding steroid dienone is 1. The lowest BCUT2D eigenvalue weighted by molar-refractivity contribution is 0.105. The number of nitrogens with zero attached hydrogens (tertiary/aromatic N) is 1. The van der Waals surface area contributed by atoms with Crippen LogP contribution in [0.15, 0.2) is 71.3 Å². The molecule has 0 unspecified atom stereocenters. The van der Waals surface area contributed by atoms with Crippen LogP contribution in [0.1, 0.15) is 26.4 Å². The van der Waals surface area contributed by atoms with Crippen molar-refractivity contribution in [3.05, 3.63) is 93.2 Å². The van der Waals surface area contributed by atoms with E-state index in [1.165, 1.54) is 0 Å². The van der Waals surface area contributed by atoms with Gasteiger partial charge in [-0.2, -0.15) is 0 Å². The number of Topliss-reactive ketones (excluding diaryl/α,β-unsaturated/α-hetero) is 1. The molecule has 0 fully saturated rings. The number of hydrogen-bond acceptors (Lipinski definition) is 2. The number of carbonyl (C=O) groups excluding carboxylic acids is 2. The van der Waals surface area contributed by atoms with Crippen molar-refractivity contribution >= 4 is 51.4 Å². The van der Waals surface area contributed by atoms with E-state index in [-0.39, 0.29) is 5.78 Å². The average Bonchev–Trinajstić information content (AvgIpc) is 3.10. The lowest BCUT2D eigenvalue weighted by atomic mass is 10.1. The van der Waals surface area contributed by atoms with Crippen LogP contribution in [0.2, 0.25) is 5.02 Å². The van der Waals surface area contributed by atoms with Crippen LogP contribution in [-0.2, 0) is 0 Å². The average molecular weight is 415 g/mol. The van der Waals surface area contributed by atoms with Gasteiger partial charge < -0.3 is 4.57 Å². The van der Waals surface area contributed by atoms with E-state index in [0.29, 0.717) is 22.0 Å². The largest absolute Gasteiger partial charge is 0.311 e. The summed E-state index contributed by atoms with van der Waals surface area (Å²) in [7, 11) is 0. The van der Waals surface area contributed by atoms with Crippen LogP contribution >= 0.6 is 27.5 Å². The van der Waals surface area contributed by atoms with Crippen LogP contribution in [-0.4, -0.2) is 16.6 Å². The maximum absolute atomic E-state index is 13.0. The van der Waals surface area contributed by atoms with Crippen molar-refractivity contribution in [2.75, 3.05) is 0 Å². The zero-order valence-corrected chi connectivity index (χ0v) is 15.4. The molecule has 3 rings (SSSR count). The van der Waals surface area contributed by atoms with Crippen molar-refractivity contribution in [3.63, 3.8) is 0 Å². The first-order chi connectivity index (χ1) is 12.1. The predicted octanol–water partition coefficient (Wildman–Crippen LogP) is 5.60. The number of rotatable bonds is 5. The van der Waals surface area contributed by atoms with Gasteiger partial charge in [-0.25, -0.2) is 0 Å². The molecule has 0 spiro atoms. The Labute approximate surface area is 158 Å². The summed E-state index contributed by atoms with van der Waals surface area (Å²) >= 11 is 9.29. The minimum atomic E-state index is -0.179. The Balaban J connectivity index is 2.11. The Morgan fingerprint density at radius 2 is 1.68 bits per heavy atom. The maximum atomic E-state index is 13.0. The van der Waals surface area contributed by atoms with Gasteiger partial charge in [0, 0.05) is 21.3 Å². The Morgan fingerprint density at radius 3 is 2.32 bits per heavy atom. The molecule has 2 aromatic carbocycles. The third kappa shape index (κ3) is 3.98. The molecule has 0 amide bonds. The first-order valence-corrected chi connectivity index (χ1v) is 8.66. The van der Waals surface area contributed by atoms with Crippen molar-refractivity contribution in [3.8, 4) is 0 Å². The van der Waals surface area contributed by atoms with Crippen molar-refractivity contribution in [2.45, 2.75) is 0 Å². The number of benzene rings is 2. The molecular formula is C20H13BrClNO2. The molecule has 0 radical (unpaired) electrons. The number of ketones is 1. The van der Waals surface area contributed by atoms with Gasteiger partial charge in [0.05, 0.1) is 11.4 Å². The minimum Gasteiger partial charge on any atom is -0.311 e. The van der Waals surface area contributed by atoms with Crippen LogP contribution in [0.3, 0.4) is 0 Å². The third-order valence-electron chi connectivity index (χ3n) is 3.67.